The molecule has 1 aromatic carbocycles. The lowest BCUT2D eigenvalue weighted by Crippen LogP contribution is -2.23. The molecule has 1 amide bonds. The molecule has 0 bridgehead atoms. The van der Waals surface area contributed by atoms with E-state index in [-0.39, 0.29) is 5.91 Å². The molecule has 0 radical (unpaired) electrons. The average molecular weight is 290 g/mol. The summed E-state index contributed by atoms with van der Waals surface area (Å²) in [6.07, 6.45) is 1.68. The number of thioether (sulfide) groups is 1. The first kappa shape index (κ1) is 14.6. The van der Waals surface area contributed by atoms with Crippen molar-refractivity contribution in [3.05, 3.63) is 35.7 Å². The van der Waals surface area contributed by atoms with Gasteiger partial charge in [0.05, 0.1) is 11.4 Å². The number of benzene rings is 1. The maximum atomic E-state index is 11.6. The van der Waals surface area contributed by atoms with Crippen molar-refractivity contribution in [2.24, 2.45) is 0 Å². The van der Waals surface area contributed by atoms with Crippen LogP contribution in [0.3, 0.4) is 0 Å². The van der Waals surface area contributed by atoms with Crippen LogP contribution < -0.4 is 0 Å². The number of amides is 1. The fourth-order valence-electron chi connectivity index (χ4n) is 1.82. The van der Waals surface area contributed by atoms with Crippen molar-refractivity contribution in [2.75, 3.05) is 19.8 Å². The van der Waals surface area contributed by atoms with Gasteiger partial charge in [0.1, 0.15) is 6.33 Å². The molecule has 0 fully saturated rings. The second-order valence-corrected chi connectivity index (χ2v) is 5.79. The number of carbonyl (C=O) groups is 1. The van der Waals surface area contributed by atoms with E-state index in [1.165, 1.54) is 17.3 Å². The third-order valence-corrected chi connectivity index (χ3v) is 3.88. The van der Waals surface area contributed by atoms with Gasteiger partial charge < -0.3 is 4.90 Å². The van der Waals surface area contributed by atoms with Crippen LogP contribution in [0.15, 0.2) is 29.7 Å². The van der Waals surface area contributed by atoms with Gasteiger partial charge in [0, 0.05) is 14.1 Å². The maximum absolute atomic E-state index is 11.6. The standard InChI is InChI=1S/C14H18N4OS/c1-10-5-6-12(11(2)7-10)18-9-15-16-14(18)20-8-13(19)17(3)4/h5-7,9H,8H2,1-4H3. The van der Waals surface area contributed by atoms with Crippen LogP contribution in [0.4, 0.5) is 0 Å². The Labute approximate surface area is 123 Å². The highest BCUT2D eigenvalue weighted by Gasteiger charge is 2.12. The molecule has 2 rings (SSSR count). The van der Waals surface area contributed by atoms with E-state index in [1.807, 2.05) is 10.6 Å². The lowest BCUT2D eigenvalue weighted by atomic mass is 10.1. The predicted octanol–water partition coefficient (Wildman–Crippen LogP) is 2.06. The van der Waals surface area contributed by atoms with Gasteiger partial charge in [-0.25, -0.2) is 0 Å². The Kier molecular flexibility index (Phi) is 4.44. The minimum atomic E-state index is 0.0604. The first-order valence-corrected chi connectivity index (χ1v) is 7.28. The van der Waals surface area contributed by atoms with E-state index in [0.717, 1.165) is 16.4 Å². The molecule has 20 heavy (non-hydrogen) atoms. The van der Waals surface area contributed by atoms with E-state index >= 15 is 0 Å². The molecule has 0 aliphatic heterocycles. The highest BCUT2D eigenvalue weighted by molar-refractivity contribution is 7.99. The Hall–Kier alpha value is -1.82. The zero-order valence-electron chi connectivity index (χ0n) is 12.1. The summed E-state index contributed by atoms with van der Waals surface area (Å²) < 4.78 is 1.92. The summed E-state index contributed by atoms with van der Waals surface area (Å²) in [5.74, 6) is 0.418. The van der Waals surface area contributed by atoms with Crippen molar-refractivity contribution < 1.29 is 4.79 Å². The van der Waals surface area contributed by atoms with Crippen molar-refractivity contribution in [3.63, 3.8) is 0 Å². The number of rotatable bonds is 4. The van der Waals surface area contributed by atoms with Crippen molar-refractivity contribution >= 4 is 17.7 Å². The minimum Gasteiger partial charge on any atom is -0.348 e. The van der Waals surface area contributed by atoms with Crippen LogP contribution in [0.1, 0.15) is 11.1 Å². The minimum absolute atomic E-state index is 0.0604. The molecule has 2 aromatic rings. The van der Waals surface area contributed by atoms with E-state index in [1.54, 1.807) is 25.3 Å². The fourth-order valence-corrected chi connectivity index (χ4v) is 2.72. The third-order valence-electron chi connectivity index (χ3n) is 2.95. The number of hydrogen-bond donors (Lipinski definition) is 0. The Morgan fingerprint density at radius 3 is 2.75 bits per heavy atom. The Balaban J connectivity index is 2.22. The van der Waals surface area contributed by atoms with Crippen LogP contribution in [0.2, 0.25) is 0 Å². The van der Waals surface area contributed by atoms with Crippen molar-refractivity contribution in [2.45, 2.75) is 19.0 Å². The summed E-state index contributed by atoms with van der Waals surface area (Å²) in [4.78, 5) is 13.2. The predicted molar refractivity (Wildman–Crippen MR) is 80.3 cm³/mol. The highest BCUT2D eigenvalue weighted by Crippen LogP contribution is 2.22. The SMILES string of the molecule is Cc1ccc(-n2cnnc2SCC(=O)N(C)C)c(C)c1. The van der Waals surface area contributed by atoms with Gasteiger partial charge in [0.15, 0.2) is 5.16 Å². The van der Waals surface area contributed by atoms with Gasteiger partial charge in [-0.3, -0.25) is 9.36 Å². The number of hydrogen-bond acceptors (Lipinski definition) is 4. The largest absolute Gasteiger partial charge is 0.348 e. The van der Waals surface area contributed by atoms with Gasteiger partial charge in [-0.2, -0.15) is 0 Å². The van der Waals surface area contributed by atoms with Crippen molar-refractivity contribution in [3.8, 4) is 5.69 Å². The third kappa shape index (κ3) is 3.19. The average Bonchev–Trinajstić information content (AvgIpc) is 2.84. The second-order valence-electron chi connectivity index (χ2n) is 4.85. The van der Waals surface area contributed by atoms with Gasteiger partial charge in [0.25, 0.3) is 0 Å². The van der Waals surface area contributed by atoms with Crippen LogP contribution in [0.25, 0.3) is 5.69 Å². The summed E-state index contributed by atoms with van der Waals surface area (Å²) in [7, 11) is 3.50. The molecule has 106 valence electrons. The maximum Gasteiger partial charge on any atom is 0.232 e. The summed E-state index contributed by atoms with van der Waals surface area (Å²) in [6.45, 7) is 4.12. The topological polar surface area (TPSA) is 51.0 Å². The van der Waals surface area contributed by atoms with Crippen LogP contribution in [0, 0.1) is 13.8 Å². The molecule has 0 saturated heterocycles. The van der Waals surface area contributed by atoms with Gasteiger partial charge in [-0.05, 0) is 25.5 Å². The normalized spacial score (nSPS) is 10.6. The highest BCUT2D eigenvalue weighted by atomic mass is 32.2. The van der Waals surface area contributed by atoms with Gasteiger partial charge in [-0.1, -0.05) is 29.5 Å². The molecule has 0 aliphatic carbocycles. The van der Waals surface area contributed by atoms with E-state index in [0.29, 0.717) is 5.75 Å². The number of aromatic nitrogens is 3. The number of aryl methyl sites for hydroxylation is 2. The first-order valence-electron chi connectivity index (χ1n) is 6.29. The van der Waals surface area contributed by atoms with Crippen molar-refractivity contribution in [1.29, 1.82) is 0 Å². The molecule has 1 aromatic heterocycles. The Morgan fingerprint density at radius 1 is 1.35 bits per heavy atom. The molecule has 0 spiro atoms. The summed E-state index contributed by atoms with van der Waals surface area (Å²) in [6, 6.07) is 6.22. The van der Waals surface area contributed by atoms with Crippen LogP contribution >= 0.6 is 11.8 Å². The quantitative estimate of drug-likeness (QED) is 0.809. The number of nitrogens with zero attached hydrogens (tertiary/aromatic N) is 4. The van der Waals surface area contributed by atoms with E-state index in [4.69, 9.17) is 0 Å². The summed E-state index contributed by atoms with van der Waals surface area (Å²) >= 11 is 1.40. The van der Waals surface area contributed by atoms with Crippen LogP contribution in [-0.2, 0) is 4.79 Å². The van der Waals surface area contributed by atoms with Crippen molar-refractivity contribution in [1.82, 2.24) is 19.7 Å². The van der Waals surface area contributed by atoms with Gasteiger partial charge in [0.2, 0.25) is 5.91 Å². The van der Waals surface area contributed by atoms with Crippen LogP contribution in [0.5, 0.6) is 0 Å². The molecular formula is C14H18N4OS. The van der Waals surface area contributed by atoms with Crippen LogP contribution in [-0.4, -0.2) is 45.4 Å². The lowest BCUT2D eigenvalue weighted by Gasteiger charge is -2.11. The molecule has 1 heterocycles. The zero-order chi connectivity index (χ0) is 14.7. The smallest absolute Gasteiger partial charge is 0.232 e. The zero-order valence-corrected chi connectivity index (χ0v) is 12.9. The second kappa shape index (κ2) is 6.09. The molecule has 0 unspecified atom stereocenters. The van der Waals surface area contributed by atoms with E-state index in [9.17, 15) is 4.79 Å². The van der Waals surface area contributed by atoms with E-state index < -0.39 is 0 Å². The van der Waals surface area contributed by atoms with E-state index in [2.05, 4.69) is 36.2 Å². The monoisotopic (exact) mass is 290 g/mol. The van der Waals surface area contributed by atoms with Gasteiger partial charge in [-0.15, -0.1) is 10.2 Å². The first-order chi connectivity index (χ1) is 9.49. The summed E-state index contributed by atoms with van der Waals surface area (Å²) in [5.41, 5.74) is 3.42. The molecule has 0 N–H and O–H groups in total. The molecular weight excluding hydrogens is 272 g/mol. The molecule has 0 saturated carbocycles. The molecule has 0 aliphatic rings. The molecule has 0 atom stereocenters. The number of carbonyl (C=O) groups excluding carboxylic acids is 1. The lowest BCUT2D eigenvalue weighted by molar-refractivity contribution is -0.125. The molecule has 6 heteroatoms. The van der Waals surface area contributed by atoms with Gasteiger partial charge >= 0.3 is 0 Å². The molecule has 5 nitrogen and oxygen atoms in total. The Bertz CT molecular complexity index is 621. The summed E-state index contributed by atoms with van der Waals surface area (Å²) in [5, 5.41) is 8.77. The Morgan fingerprint density at radius 2 is 2.10 bits per heavy atom. The fraction of sp³-hybridized carbons (Fsp3) is 0.357.